The second kappa shape index (κ2) is 25.2. The molecule has 6 amide bonds. The van der Waals surface area contributed by atoms with Crippen molar-refractivity contribution in [1.29, 1.82) is 0 Å². The van der Waals surface area contributed by atoms with Gasteiger partial charge in [-0.05, 0) is 12.8 Å². The van der Waals surface area contributed by atoms with Gasteiger partial charge in [0.05, 0.1) is 13.1 Å². The van der Waals surface area contributed by atoms with Gasteiger partial charge in [0.1, 0.15) is 24.2 Å². The molecule has 46 heavy (non-hydrogen) atoms. The highest BCUT2D eigenvalue weighted by atomic mass is 33.1. The molecular formula is C24H42N8O10S4. The zero-order valence-electron chi connectivity index (χ0n) is 24.8. The van der Waals surface area contributed by atoms with E-state index in [1.807, 2.05) is 0 Å². The van der Waals surface area contributed by atoms with Gasteiger partial charge in [0, 0.05) is 48.9 Å². The van der Waals surface area contributed by atoms with Crippen LogP contribution in [0, 0.1) is 0 Å². The van der Waals surface area contributed by atoms with Crippen LogP contribution < -0.4 is 43.4 Å². The van der Waals surface area contributed by atoms with Crippen molar-refractivity contribution in [2.24, 2.45) is 11.5 Å². The Morgan fingerprint density at radius 1 is 0.587 bits per heavy atom. The fourth-order valence-corrected chi connectivity index (χ4v) is 5.60. The molecule has 0 bridgehead atoms. The molecule has 18 nitrogen and oxygen atoms in total. The zero-order valence-corrected chi connectivity index (χ0v) is 28.2. The van der Waals surface area contributed by atoms with Gasteiger partial charge in [-0.3, -0.25) is 38.4 Å². The molecule has 22 heteroatoms. The molecule has 0 aliphatic carbocycles. The minimum absolute atomic E-state index is 0.0760. The molecule has 0 rings (SSSR count). The maximum absolute atomic E-state index is 12.8. The first-order valence-corrected chi connectivity index (χ1v) is 17.6. The van der Waals surface area contributed by atoms with Crippen LogP contribution in [0.25, 0.3) is 0 Å². The van der Waals surface area contributed by atoms with Crippen molar-refractivity contribution >= 4 is 94.2 Å². The third kappa shape index (κ3) is 21.0. The van der Waals surface area contributed by atoms with Gasteiger partial charge in [0.2, 0.25) is 35.4 Å². The molecule has 0 radical (unpaired) electrons. The van der Waals surface area contributed by atoms with Crippen molar-refractivity contribution in [1.82, 2.24) is 31.9 Å². The first kappa shape index (κ1) is 43.1. The van der Waals surface area contributed by atoms with Gasteiger partial charge in [-0.15, -0.1) is 0 Å². The largest absolute Gasteiger partial charge is 0.480 e. The molecule has 0 aliphatic heterocycles. The molecule has 0 aromatic heterocycles. The number of thiol groups is 2. The summed E-state index contributed by atoms with van der Waals surface area (Å²) < 4.78 is 0. The maximum Gasteiger partial charge on any atom is 0.320 e. The number of nitrogens with one attached hydrogen (secondary N) is 6. The molecular weight excluding hydrogens is 689 g/mol. The highest BCUT2D eigenvalue weighted by Gasteiger charge is 2.25. The van der Waals surface area contributed by atoms with Crippen molar-refractivity contribution < 1.29 is 48.6 Å². The number of carboxylic acid groups (broad SMARTS) is 2. The van der Waals surface area contributed by atoms with Crippen LogP contribution in [0.4, 0.5) is 0 Å². The highest BCUT2D eigenvalue weighted by Crippen LogP contribution is 2.23. The lowest BCUT2D eigenvalue weighted by Gasteiger charge is -2.20. The predicted molar refractivity (Wildman–Crippen MR) is 178 cm³/mol. The summed E-state index contributed by atoms with van der Waals surface area (Å²) in [5.41, 5.74) is 10.9. The van der Waals surface area contributed by atoms with Gasteiger partial charge in [0.15, 0.2) is 0 Å². The van der Waals surface area contributed by atoms with Gasteiger partial charge in [-0.2, -0.15) is 25.3 Å². The van der Waals surface area contributed by atoms with Crippen LogP contribution in [0.15, 0.2) is 0 Å². The molecule has 4 unspecified atom stereocenters. The highest BCUT2D eigenvalue weighted by molar-refractivity contribution is 8.76. The zero-order chi connectivity index (χ0) is 35.1. The van der Waals surface area contributed by atoms with E-state index in [-0.39, 0.29) is 63.4 Å². The smallest absolute Gasteiger partial charge is 0.320 e. The summed E-state index contributed by atoms with van der Waals surface area (Å²) in [5, 5.41) is 32.6. The van der Waals surface area contributed by atoms with Crippen molar-refractivity contribution in [3.8, 4) is 0 Å². The maximum atomic E-state index is 12.8. The summed E-state index contributed by atoms with van der Waals surface area (Å²) in [6.45, 7) is -0.233. The summed E-state index contributed by atoms with van der Waals surface area (Å²) >= 11 is 7.95. The molecule has 0 heterocycles. The third-order valence-corrected chi connectivity index (χ3v) is 8.44. The summed E-state index contributed by atoms with van der Waals surface area (Å²) in [6, 6.07) is -4.94. The number of carbonyl (C=O) groups excluding carboxylic acids is 6. The van der Waals surface area contributed by atoms with Crippen LogP contribution in [-0.4, -0.2) is 131 Å². The Bertz CT molecular complexity index is 978. The normalized spacial score (nSPS) is 13.2. The van der Waals surface area contributed by atoms with Crippen LogP contribution in [0.5, 0.6) is 0 Å². The van der Waals surface area contributed by atoms with E-state index < -0.39 is 71.5 Å². The molecule has 12 N–H and O–H groups in total. The van der Waals surface area contributed by atoms with Crippen LogP contribution in [0.3, 0.4) is 0 Å². The summed E-state index contributed by atoms with van der Waals surface area (Å²) in [7, 11) is 2.07. The lowest BCUT2D eigenvalue weighted by Crippen LogP contribution is -2.51. The molecule has 0 saturated carbocycles. The Kier molecular flexibility index (Phi) is 23.6. The molecule has 0 aromatic carbocycles. The first-order valence-electron chi connectivity index (χ1n) is 13.8. The van der Waals surface area contributed by atoms with E-state index in [1.165, 1.54) is 0 Å². The van der Waals surface area contributed by atoms with Crippen molar-refractivity contribution in [2.45, 2.75) is 49.9 Å². The Hall–Kier alpha value is -2.92. The van der Waals surface area contributed by atoms with Crippen LogP contribution in [0.2, 0.25) is 0 Å². The molecule has 0 aliphatic rings. The fraction of sp³-hybridized carbons (Fsp3) is 0.667. The Morgan fingerprint density at radius 2 is 0.935 bits per heavy atom. The lowest BCUT2D eigenvalue weighted by atomic mass is 10.1. The van der Waals surface area contributed by atoms with Gasteiger partial charge in [0.25, 0.3) is 0 Å². The lowest BCUT2D eigenvalue weighted by molar-refractivity contribution is -0.140. The average Bonchev–Trinajstić information content (AvgIpc) is 3.02. The molecule has 4 atom stereocenters. The second-order valence-corrected chi connectivity index (χ2v) is 12.8. The van der Waals surface area contributed by atoms with Crippen molar-refractivity contribution in [2.75, 3.05) is 49.2 Å². The van der Waals surface area contributed by atoms with Gasteiger partial charge in [-0.1, -0.05) is 21.6 Å². The predicted octanol–water partition coefficient (Wildman–Crippen LogP) is -3.95. The number of amides is 6. The van der Waals surface area contributed by atoms with E-state index in [0.29, 0.717) is 11.5 Å². The number of rotatable bonds is 25. The summed E-state index contributed by atoms with van der Waals surface area (Å²) in [5.74, 6) is -5.73. The van der Waals surface area contributed by atoms with Gasteiger partial charge < -0.3 is 53.6 Å². The Morgan fingerprint density at radius 3 is 1.24 bits per heavy atom. The summed E-state index contributed by atoms with van der Waals surface area (Å²) in [4.78, 5) is 96.1. The van der Waals surface area contributed by atoms with Gasteiger partial charge in [-0.25, -0.2) is 0 Å². The fourth-order valence-electron chi connectivity index (χ4n) is 3.05. The third-order valence-electron chi connectivity index (χ3n) is 5.57. The Balaban J connectivity index is 5.39. The van der Waals surface area contributed by atoms with Crippen LogP contribution in [-0.2, 0) is 38.4 Å². The molecule has 0 spiro atoms. The monoisotopic (exact) mass is 730 g/mol. The van der Waals surface area contributed by atoms with Gasteiger partial charge >= 0.3 is 11.9 Å². The molecule has 0 saturated heterocycles. The quantitative estimate of drug-likeness (QED) is 0.0243. The number of hydrogen-bond acceptors (Lipinski definition) is 14. The number of carboxylic acids is 2. The molecule has 262 valence electrons. The SMILES string of the molecule is NC(CCC(=O)NC(CSSCC(NC(=O)CCC(N)C(=O)O)C(=O)NCC(=O)NCCS)C(=O)NCC(=O)NCCS)C(=O)O. The molecule has 0 fully saturated rings. The topological polar surface area (TPSA) is 301 Å². The van der Waals surface area contributed by atoms with E-state index in [0.717, 1.165) is 21.6 Å². The molecule has 0 aromatic rings. The Labute approximate surface area is 284 Å². The standard InChI is InChI=1S/C24H42N8O10S4/c25-13(23(39)40)1-3-17(33)31-15(21(37)29-9-19(35)27-5-7-43)11-45-46-12-16(22(38)30-10-20(36)28-6-8-44)32-18(34)4-2-14(26)24(41)42/h13-16,43-44H,1-12,25-26H2,(H,27,35)(H,28,36)(H,29,37)(H,30,38)(H,31,33)(H,32,34)(H,39,40)(H,41,42). The van der Waals surface area contributed by atoms with E-state index in [2.05, 4.69) is 57.2 Å². The van der Waals surface area contributed by atoms with Crippen LogP contribution >= 0.6 is 46.8 Å². The second-order valence-electron chi connectivity index (χ2n) is 9.36. The first-order chi connectivity index (χ1) is 21.7. The number of carbonyl (C=O) groups is 8. The number of nitrogens with two attached hydrogens (primary N) is 2. The van der Waals surface area contributed by atoms with E-state index in [1.54, 1.807) is 0 Å². The van der Waals surface area contributed by atoms with E-state index in [4.69, 9.17) is 21.7 Å². The van der Waals surface area contributed by atoms with Crippen molar-refractivity contribution in [3.05, 3.63) is 0 Å². The van der Waals surface area contributed by atoms with Crippen molar-refractivity contribution in [3.63, 3.8) is 0 Å². The van der Waals surface area contributed by atoms with E-state index >= 15 is 0 Å². The average molecular weight is 731 g/mol. The number of aliphatic carboxylic acids is 2. The van der Waals surface area contributed by atoms with Crippen LogP contribution in [0.1, 0.15) is 25.7 Å². The minimum Gasteiger partial charge on any atom is -0.480 e. The van der Waals surface area contributed by atoms with E-state index in [9.17, 15) is 38.4 Å². The number of hydrogen-bond donors (Lipinski definition) is 12. The summed E-state index contributed by atoms with van der Waals surface area (Å²) in [6.07, 6.45) is -0.966. The minimum atomic E-state index is -1.30.